The van der Waals surface area contributed by atoms with E-state index in [1.807, 2.05) is 7.05 Å². The molecule has 4 nitrogen and oxygen atoms in total. The Morgan fingerprint density at radius 2 is 2.00 bits per heavy atom. The Morgan fingerprint density at radius 1 is 1.44 bits per heavy atom. The first-order valence-corrected chi connectivity index (χ1v) is 6.00. The molecule has 0 aromatic rings. The molecule has 1 atom stereocenters. The van der Waals surface area contributed by atoms with Crippen molar-refractivity contribution >= 4 is 5.97 Å². The third kappa shape index (κ3) is 3.76. The molecule has 0 saturated heterocycles. The summed E-state index contributed by atoms with van der Waals surface area (Å²) in [5, 5.41) is 8.86. The molecule has 0 heterocycles. The van der Waals surface area contributed by atoms with Gasteiger partial charge in [0.1, 0.15) is 0 Å². The Labute approximate surface area is 97.6 Å². The van der Waals surface area contributed by atoms with Gasteiger partial charge in [-0.2, -0.15) is 0 Å². The molecule has 1 saturated carbocycles. The van der Waals surface area contributed by atoms with E-state index in [-0.39, 0.29) is 5.92 Å². The molecule has 4 heteroatoms. The zero-order valence-corrected chi connectivity index (χ0v) is 10.5. The van der Waals surface area contributed by atoms with Crippen molar-refractivity contribution in [3.63, 3.8) is 0 Å². The van der Waals surface area contributed by atoms with Gasteiger partial charge in [-0.05, 0) is 32.7 Å². The van der Waals surface area contributed by atoms with Crippen LogP contribution in [0.15, 0.2) is 0 Å². The van der Waals surface area contributed by atoms with Crippen LogP contribution in [0.25, 0.3) is 0 Å². The molecule has 1 aliphatic carbocycles. The van der Waals surface area contributed by atoms with Crippen LogP contribution in [0.2, 0.25) is 0 Å². The second kappa shape index (κ2) is 6.21. The SMILES string of the molecule is COC1CCC(N(C)CC(C)C(=O)O)CC1. The molecule has 1 unspecified atom stereocenters. The van der Waals surface area contributed by atoms with Gasteiger partial charge in [-0.1, -0.05) is 6.92 Å². The van der Waals surface area contributed by atoms with Gasteiger partial charge in [-0.15, -0.1) is 0 Å². The van der Waals surface area contributed by atoms with E-state index in [9.17, 15) is 4.79 Å². The van der Waals surface area contributed by atoms with Crippen LogP contribution in [-0.2, 0) is 9.53 Å². The Hall–Kier alpha value is -0.610. The molecule has 94 valence electrons. The van der Waals surface area contributed by atoms with Crippen molar-refractivity contribution in [2.75, 3.05) is 20.7 Å². The summed E-state index contributed by atoms with van der Waals surface area (Å²) in [5.41, 5.74) is 0. The minimum absolute atomic E-state index is 0.287. The molecule has 0 aromatic carbocycles. The number of ether oxygens (including phenoxy) is 1. The van der Waals surface area contributed by atoms with E-state index < -0.39 is 5.97 Å². The third-order valence-corrected chi connectivity index (χ3v) is 3.58. The summed E-state index contributed by atoms with van der Waals surface area (Å²) in [6.45, 7) is 2.40. The summed E-state index contributed by atoms with van der Waals surface area (Å²) >= 11 is 0. The topological polar surface area (TPSA) is 49.8 Å². The predicted molar refractivity (Wildman–Crippen MR) is 62.5 cm³/mol. The van der Waals surface area contributed by atoms with Gasteiger partial charge in [0.25, 0.3) is 0 Å². The van der Waals surface area contributed by atoms with Crippen molar-refractivity contribution < 1.29 is 14.6 Å². The quantitative estimate of drug-likeness (QED) is 0.778. The Kier molecular flexibility index (Phi) is 5.22. The number of aliphatic carboxylic acids is 1. The number of hydrogen-bond donors (Lipinski definition) is 1. The number of nitrogens with zero attached hydrogens (tertiary/aromatic N) is 1. The van der Waals surface area contributed by atoms with Gasteiger partial charge in [0.15, 0.2) is 0 Å². The maximum atomic E-state index is 10.8. The van der Waals surface area contributed by atoms with Gasteiger partial charge in [-0.3, -0.25) is 4.79 Å². The smallest absolute Gasteiger partial charge is 0.307 e. The lowest BCUT2D eigenvalue weighted by Gasteiger charge is -2.34. The summed E-state index contributed by atoms with van der Waals surface area (Å²) in [5.74, 6) is -0.998. The van der Waals surface area contributed by atoms with Gasteiger partial charge < -0.3 is 14.7 Å². The van der Waals surface area contributed by atoms with Crippen LogP contribution in [0.5, 0.6) is 0 Å². The van der Waals surface area contributed by atoms with Crippen LogP contribution < -0.4 is 0 Å². The molecule has 0 aliphatic heterocycles. The molecule has 0 radical (unpaired) electrons. The van der Waals surface area contributed by atoms with Crippen molar-refractivity contribution in [3.8, 4) is 0 Å². The normalized spacial score (nSPS) is 28.0. The van der Waals surface area contributed by atoms with E-state index >= 15 is 0 Å². The van der Waals surface area contributed by atoms with E-state index in [4.69, 9.17) is 9.84 Å². The Balaban J connectivity index is 2.33. The van der Waals surface area contributed by atoms with Gasteiger partial charge in [-0.25, -0.2) is 0 Å². The van der Waals surface area contributed by atoms with Crippen LogP contribution in [-0.4, -0.2) is 48.8 Å². The summed E-state index contributed by atoms with van der Waals surface area (Å²) in [4.78, 5) is 13.0. The average Bonchev–Trinajstić information content (AvgIpc) is 2.28. The highest BCUT2D eigenvalue weighted by molar-refractivity contribution is 5.69. The number of methoxy groups -OCH3 is 1. The van der Waals surface area contributed by atoms with Crippen LogP contribution in [0.3, 0.4) is 0 Å². The first kappa shape index (κ1) is 13.5. The van der Waals surface area contributed by atoms with E-state index in [2.05, 4.69) is 4.90 Å². The molecule has 1 rings (SSSR count). The summed E-state index contributed by atoms with van der Waals surface area (Å²) in [7, 11) is 3.79. The van der Waals surface area contributed by atoms with Crippen molar-refractivity contribution in [2.24, 2.45) is 5.92 Å². The molecule has 0 bridgehead atoms. The largest absolute Gasteiger partial charge is 0.481 e. The van der Waals surface area contributed by atoms with Gasteiger partial charge in [0, 0.05) is 19.7 Å². The second-order valence-electron chi connectivity index (χ2n) is 4.85. The van der Waals surface area contributed by atoms with Crippen molar-refractivity contribution in [3.05, 3.63) is 0 Å². The first-order chi connectivity index (χ1) is 7.54. The highest BCUT2D eigenvalue weighted by Crippen LogP contribution is 2.24. The highest BCUT2D eigenvalue weighted by atomic mass is 16.5. The van der Waals surface area contributed by atoms with Crippen LogP contribution >= 0.6 is 0 Å². The number of carbonyl (C=O) groups is 1. The van der Waals surface area contributed by atoms with Gasteiger partial charge in [0.05, 0.1) is 12.0 Å². The zero-order valence-electron chi connectivity index (χ0n) is 10.5. The van der Waals surface area contributed by atoms with Crippen molar-refractivity contribution in [1.82, 2.24) is 4.90 Å². The lowest BCUT2D eigenvalue weighted by Crippen LogP contribution is -2.40. The number of carboxylic acids is 1. The average molecular weight is 229 g/mol. The van der Waals surface area contributed by atoms with E-state index in [1.165, 1.54) is 0 Å². The molecular formula is C12H23NO3. The zero-order chi connectivity index (χ0) is 12.1. The number of hydrogen-bond acceptors (Lipinski definition) is 3. The fourth-order valence-corrected chi connectivity index (χ4v) is 2.38. The summed E-state index contributed by atoms with van der Waals surface area (Å²) in [6.07, 6.45) is 4.81. The number of rotatable bonds is 5. The van der Waals surface area contributed by atoms with Crippen molar-refractivity contribution in [1.29, 1.82) is 0 Å². The molecule has 16 heavy (non-hydrogen) atoms. The molecule has 1 fully saturated rings. The van der Waals surface area contributed by atoms with Crippen LogP contribution in [0.1, 0.15) is 32.6 Å². The second-order valence-corrected chi connectivity index (χ2v) is 4.85. The minimum Gasteiger partial charge on any atom is -0.481 e. The predicted octanol–water partition coefficient (Wildman–Crippen LogP) is 1.60. The lowest BCUT2D eigenvalue weighted by atomic mass is 9.91. The number of carboxylic acid groups (broad SMARTS) is 1. The van der Waals surface area contributed by atoms with Crippen LogP contribution in [0.4, 0.5) is 0 Å². The monoisotopic (exact) mass is 229 g/mol. The molecular weight excluding hydrogens is 206 g/mol. The van der Waals surface area contributed by atoms with Gasteiger partial charge >= 0.3 is 5.97 Å². The standard InChI is InChI=1S/C12H23NO3/c1-9(12(14)15)8-13(2)10-4-6-11(16-3)7-5-10/h9-11H,4-8H2,1-3H3,(H,14,15). The minimum atomic E-state index is -0.711. The Bertz CT molecular complexity index is 224. The van der Waals surface area contributed by atoms with Crippen molar-refractivity contribution in [2.45, 2.75) is 44.8 Å². The summed E-state index contributed by atoms with van der Waals surface area (Å²) < 4.78 is 5.33. The third-order valence-electron chi connectivity index (χ3n) is 3.58. The maximum absolute atomic E-state index is 10.8. The van der Waals surface area contributed by atoms with E-state index in [0.717, 1.165) is 25.7 Å². The lowest BCUT2D eigenvalue weighted by molar-refractivity contribution is -0.141. The molecule has 1 N–H and O–H groups in total. The van der Waals surface area contributed by atoms with E-state index in [1.54, 1.807) is 14.0 Å². The molecule has 1 aliphatic rings. The first-order valence-electron chi connectivity index (χ1n) is 6.00. The maximum Gasteiger partial charge on any atom is 0.307 e. The highest BCUT2D eigenvalue weighted by Gasteiger charge is 2.25. The molecule has 0 spiro atoms. The summed E-state index contributed by atoms with van der Waals surface area (Å²) in [6, 6.07) is 0.521. The van der Waals surface area contributed by atoms with Crippen LogP contribution in [0, 0.1) is 5.92 Å². The molecule has 0 amide bonds. The fraction of sp³-hybridized carbons (Fsp3) is 0.917. The van der Waals surface area contributed by atoms with Gasteiger partial charge in [0.2, 0.25) is 0 Å². The Morgan fingerprint density at radius 3 is 2.44 bits per heavy atom. The van der Waals surface area contributed by atoms with E-state index in [0.29, 0.717) is 18.7 Å². The fourth-order valence-electron chi connectivity index (χ4n) is 2.38. The molecule has 0 aromatic heterocycles.